The summed E-state index contributed by atoms with van der Waals surface area (Å²) in [5.74, 6) is 0. The SMILES string of the molecule is CCCNC(C)c1ccc(SC(C)C(C)O)cc1Br. The normalized spacial score (nSPS) is 16.1. The Bertz CT molecular complexity index is 398. The summed E-state index contributed by atoms with van der Waals surface area (Å²) in [5.41, 5.74) is 1.28. The minimum atomic E-state index is -0.298. The number of halogens is 1. The molecule has 0 aliphatic rings. The first-order valence-corrected chi connectivity index (χ1v) is 8.50. The molecule has 0 fully saturated rings. The van der Waals surface area contributed by atoms with E-state index < -0.39 is 0 Å². The smallest absolute Gasteiger partial charge is 0.0631 e. The van der Waals surface area contributed by atoms with Crippen LogP contribution in [0.15, 0.2) is 27.6 Å². The second-order valence-corrected chi connectivity index (χ2v) is 7.23. The van der Waals surface area contributed by atoms with Gasteiger partial charge < -0.3 is 10.4 Å². The van der Waals surface area contributed by atoms with Crippen molar-refractivity contribution >= 4 is 27.7 Å². The standard InChI is InChI=1S/C15H24BrNOS/c1-5-8-17-10(2)14-7-6-13(9-15(14)16)19-12(4)11(3)18/h6-7,9-12,17-18H,5,8H2,1-4H3. The van der Waals surface area contributed by atoms with Gasteiger partial charge in [-0.15, -0.1) is 11.8 Å². The maximum atomic E-state index is 9.55. The van der Waals surface area contributed by atoms with Gasteiger partial charge in [-0.2, -0.15) is 0 Å². The van der Waals surface area contributed by atoms with Crippen molar-refractivity contribution in [3.63, 3.8) is 0 Å². The fourth-order valence-electron chi connectivity index (χ4n) is 1.72. The van der Waals surface area contributed by atoms with Crippen LogP contribution in [0.4, 0.5) is 0 Å². The van der Waals surface area contributed by atoms with Crippen LogP contribution in [0, 0.1) is 0 Å². The lowest BCUT2D eigenvalue weighted by molar-refractivity contribution is 0.196. The van der Waals surface area contributed by atoms with Gasteiger partial charge in [-0.25, -0.2) is 0 Å². The number of aliphatic hydroxyl groups is 1. The highest BCUT2D eigenvalue weighted by Gasteiger charge is 2.13. The fraction of sp³-hybridized carbons (Fsp3) is 0.600. The van der Waals surface area contributed by atoms with Crippen LogP contribution < -0.4 is 5.32 Å². The van der Waals surface area contributed by atoms with E-state index >= 15 is 0 Å². The topological polar surface area (TPSA) is 32.3 Å². The van der Waals surface area contributed by atoms with E-state index in [4.69, 9.17) is 0 Å². The molecule has 3 unspecified atom stereocenters. The number of hydrogen-bond donors (Lipinski definition) is 2. The third kappa shape index (κ3) is 5.46. The molecule has 0 aliphatic heterocycles. The molecule has 0 radical (unpaired) electrons. The van der Waals surface area contributed by atoms with E-state index in [1.54, 1.807) is 11.8 Å². The molecule has 19 heavy (non-hydrogen) atoms. The molecule has 1 aromatic carbocycles. The van der Waals surface area contributed by atoms with Crippen molar-refractivity contribution in [1.29, 1.82) is 0 Å². The summed E-state index contributed by atoms with van der Waals surface area (Å²) < 4.78 is 1.13. The lowest BCUT2D eigenvalue weighted by atomic mass is 10.1. The molecular formula is C15H24BrNOS. The number of nitrogens with one attached hydrogen (secondary N) is 1. The van der Waals surface area contributed by atoms with E-state index in [1.165, 1.54) is 10.5 Å². The van der Waals surface area contributed by atoms with Gasteiger partial charge in [0.1, 0.15) is 0 Å². The fourth-order valence-corrected chi connectivity index (χ4v) is 3.55. The summed E-state index contributed by atoms with van der Waals surface area (Å²) in [6, 6.07) is 6.79. The summed E-state index contributed by atoms with van der Waals surface area (Å²) in [6.07, 6.45) is 0.843. The molecule has 0 saturated heterocycles. The van der Waals surface area contributed by atoms with Gasteiger partial charge in [0.25, 0.3) is 0 Å². The van der Waals surface area contributed by atoms with E-state index in [-0.39, 0.29) is 11.4 Å². The highest BCUT2D eigenvalue weighted by Crippen LogP contribution is 2.31. The van der Waals surface area contributed by atoms with Crippen molar-refractivity contribution in [2.75, 3.05) is 6.54 Å². The van der Waals surface area contributed by atoms with Gasteiger partial charge in [0.2, 0.25) is 0 Å². The Balaban J connectivity index is 2.74. The maximum Gasteiger partial charge on any atom is 0.0631 e. The Morgan fingerprint density at radius 3 is 2.53 bits per heavy atom. The molecule has 0 heterocycles. The van der Waals surface area contributed by atoms with E-state index in [0.717, 1.165) is 17.4 Å². The summed E-state index contributed by atoms with van der Waals surface area (Å²) in [7, 11) is 0. The van der Waals surface area contributed by atoms with Gasteiger partial charge in [-0.1, -0.05) is 35.8 Å². The average molecular weight is 346 g/mol. The van der Waals surface area contributed by atoms with Crippen LogP contribution in [0.2, 0.25) is 0 Å². The Morgan fingerprint density at radius 2 is 2.00 bits per heavy atom. The zero-order chi connectivity index (χ0) is 14.4. The molecule has 1 rings (SSSR count). The molecule has 4 heteroatoms. The number of hydrogen-bond acceptors (Lipinski definition) is 3. The molecular weight excluding hydrogens is 322 g/mol. The second-order valence-electron chi connectivity index (χ2n) is 4.92. The third-order valence-corrected chi connectivity index (χ3v) is 5.12. The Morgan fingerprint density at radius 1 is 1.32 bits per heavy atom. The van der Waals surface area contributed by atoms with E-state index in [0.29, 0.717) is 6.04 Å². The monoisotopic (exact) mass is 345 g/mol. The van der Waals surface area contributed by atoms with Gasteiger partial charge in [0.05, 0.1) is 6.10 Å². The summed E-state index contributed by atoms with van der Waals surface area (Å²) in [4.78, 5) is 1.19. The van der Waals surface area contributed by atoms with Crippen LogP contribution in [0.1, 0.15) is 45.7 Å². The molecule has 2 nitrogen and oxygen atoms in total. The zero-order valence-electron chi connectivity index (χ0n) is 12.1. The van der Waals surface area contributed by atoms with Crippen LogP contribution in [-0.2, 0) is 0 Å². The highest BCUT2D eigenvalue weighted by atomic mass is 79.9. The predicted molar refractivity (Wildman–Crippen MR) is 87.9 cm³/mol. The number of thioether (sulfide) groups is 1. The largest absolute Gasteiger partial charge is 0.392 e. The van der Waals surface area contributed by atoms with Crippen molar-refractivity contribution in [2.24, 2.45) is 0 Å². The number of rotatable bonds is 7. The Kier molecular flexibility index (Phi) is 7.44. The van der Waals surface area contributed by atoms with Gasteiger partial charge in [0, 0.05) is 20.7 Å². The van der Waals surface area contributed by atoms with Crippen molar-refractivity contribution in [3.8, 4) is 0 Å². The second kappa shape index (κ2) is 8.30. The molecule has 0 aromatic heterocycles. The first kappa shape index (κ1) is 17.0. The van der Waals surface area contributed by atoms with E-state index in [1.807, 2.05) is 13.8 Å². The minimum Gasteiger partial charge on any atom is -0.392 e. The first-order chi connectivity index (χ1) is 8.95. The van der Waals surface area contributed by atoms with Crippen molar-refractivity contribution in [2.45, 2.75) is 56.4 Å². The molecule has 0 aliphatic carbocycles. The lowest BCUT2D eigenvalue weighted by Gasteiger charge is -2.18. The average Bonchev–Trinajstić information content (AvgIpc) is 2.35. The third-order valence-electron chi connectivity index (χ3n) is 3.14. The van der Waals surface area contributed by atoms with Gasteiger partial charge in [-0.3, -0.25) is 0 Å². The Labute approximate surface area is 129 Å². The Hall–Kier alpha value is -0.0300. The summed E-state index contributed by atoms with van der Waals surface area (Å²) in [5, 5.41) is 13.2. The molecule has 1 aromatic rings. The molecule has 0 saturated carbocycles. The van der Waals surface area contributed by atoms with Gasteiger partial charge in [0.15, 0.2) is 0 Å². The number of aliphatic hydroxyl groups excluding tert-OH is 1. The van der Waals surface area contributed by atoms with Crippen LogP contribution >= 0.6 is 27.7 Å². The lowest BCUT2D eigenvalue weighted by Crippen LogP contribution is -2.19. The van der Waals surface area contributed by atoms with Crippen molar-refractivity contribution in [1.82, 2.24) is 5.32 Å². The van der Waals surface area contributed by atoms with Gasteiger partial charge in [-0.05, 0) is 44.5 Å². The molecule has 0 spiro atoms. The van der Waals surface area contributed by atoms with E-state index in [2.05, 4.69) is 53.3 Å². The first-order valence-electron chi connectivity index (χ1n) is 6.83. The van der Waals surface area contributed by atoms with Crippen LogP contribution in [0.3, 0.4) is 0 Å². The molecule has 2 N–H and O–H groups in total. The summed E-state index contributed by atoms with van der Waals surface area (Å²) >= 11 is 5.35. The summed E-state index contributed by atoms with van der Waals surface area (Å²) in [6.45, 7) is 9.26. The minimum absolute atomic E-state index is 0.202. The van der Waals surface area contributed by atoms with Crippen LogP contribution in [0.5, 0.6) is 0 Å². The van der Waals surface area contributed by atoms with Crippen molar-refractivity contribution < 1.29 is 5.11 Å². The molecule has 3 atom stereocenters. The molecule has 0 amide bonds. The maximum absolute atomic E-state index is 9.55. The van der Waals surface area contributed by atoms with Crippen molar-refractivity contribution in [3.05, 3.63) is 28.2 Å². The molecule has 108 valence electrons. The van der Waals surface area contributed by atoms with E-state index in [9.17, 15) is 5.11 Å². The van der Waals surface area contributed by atoms with Crippen LogP contribution in [-0.4, -0.2) is 23.0 Å². The van der Waals surface area contributed by atoms with Gasteiger partial charge >= 0.3 is 0 Å². The predicted octanol–water partition coefficient (Wildman–Crippen LogP) is 4.37. The quantitative estimate of drug-likeness (QED) is 0.719. The zero-order valence-corrected chi connectivity index (χ0v) is 14.5. The molecule has 0 bridgehead atoms. The highest BCUT2D eigenvalue weighted by molar-refractivity contribution is 9.10. The number of benzene rings is 1. The van der Waals surface area contributed by atoms with Crippen LogP contribution in [0.25, 0.3) is 0 Å².